The van der Waals surface area contributed by atoms with E-state index >= 15 is 0 Å². The largest absolute Gasteiger partial charge is 0.329 e. The topological polar surface area (TPSA) is 32.5 Å². The zero-order chi connectivity index (χ0) is 15.3. The highest BCUT2D eigenvalue weighted by molar-refractivity contribution is 5.18. The van der Waals surface area contributed by atoms with Crippen LogP contribution in [0.2, 0.25) is 0 Å². The first kappa shape index (κ1) is 16.5. The van der Waals surface area contributed by atoms with E-state index in [4.69, 9.17) is 5.73 Å². The van der Waals surface area contributed by atoms with Crippen molar-refractivity contribution in [2.24, 2.45) is 11.7 Å². The molecule has 21 heavy (non-hydrogen) atoms. The molecule has 3 nitrogen and oxygen atoms in total. The van der Waals surface area contributed by atoms with Crippen LogP contribution in [0.15, 0.2) is 30.3 Å². The molecule has 1 fully saturated rings. The third-order valence-corrected chi connectivity index (χ3v) is 5.24. The zero-order valence-electron chi connectivity index (χ0n) is 13.9. The minimum Gasteiger partial charge on any atom is -0.329 e. The molecule has 0 radical (unpaired) electrons. The van der Waals surface area contributed by atoms with Gasteiger partial charge in [0.15, 0.2) is 0 Å². The molecule has 0 amide bonds. The third kappa shape index (κ3) is 4.06. The molecule has 0 spiro atoms. The number of likely N-dealkylation sites (N-methyl/N-ethyl adjacent to an activating group) is 1. The molecule has 1 heterocycles. The van der Waals surface area contributed by atoms with Gasteiger partial charge in [0, 0.05) is 25.2 Å². The van der Waals surface area contributed by atoms with Crippen LogP contribution in [0.1, 0.15) is 25.3 Å². The van der Waals surface area contributed by atoms with Crippen molar-refractivity contribution in [2.75, 3.05) is 40.3 Å². The molecule has 0 aliphatic carbocycles. The molecule has 118 valence electrons. The second-order valence-corrected chi connectivity index (χ2v) is 6.74. The van der Waals surface area contributed by atoms with Crippen molar-refractivity contribution < 1.29 is 0 Å². The van der Waals surface area contributed by atoms with Gasteiger partial charge in [-0.1, -0.05) is 37.3 Å². The molecule has 1 aromatic carbocycles. The van der Waals surface area contributed by atoms with Gasteiger partial charge in [0.2, 0.25) is 0 Å². The van der Waals surface area contributed by atoms with E-state index in [1.54, 1.807) is 0 Å². The van der Waals surface area contributed by atoms with Crippen LogP contribution in [0.25, 0.3) is 0 Å². The van der Waals surface area contributed by atoms with Crippen molar-refractivity contribution in [1.29, 1.82) is 0 Å². The van der Waals surface area contributed by atoms with E-state index in [-0.39, 0.29) is 5.54 Å². The molecule has 1 saturated heterocycles. The minimum atomic E-state index is 0.0858. The zero-order valence-corrected chi connectivity index (χ0v) is 13.9. The van der Waals surface area contributed by atoms with Crippen LogP contribution in [0, 0.1) is 5.92 Å². The fourth-order valence-corrected chi connectivity index (χ4v) is 3.63. The van der Waals surface area contributed by atoms with Crippen LogP contribution >= 0.6 is 0 Å². The molecular formula is C18H31N3. The Morgan fingerprint density at radius 3 is 2.57 bits per heavy atom. The smallest absolute Gasteiger partial charge is 0.0366 e. The van der Waals surface area contributed by atoms with Gasteiger partial charge in [0.1, 0.15) is 0 Å². The summed E-state index contributed by atoms with van der Waals surface area (Å²) in [5, 5.41) is 0. The molecule has 3 heteroatoms. The molecule has 0 bridgehead atoms. The summed E-state index contributed by atoms with van der Waals surface area (Å²) < 4.78 is 0. The Bertz CT molecular complexity index is 414. The van der Waals surface area contributed by atoms with Gasteiger partial charge in [-0.15, -0.1) is 0 Å². The Kier molecular flexibility index (Phi) is 5.80. The van der Waals surface area contributed by atoms with Crippen molar-refractivity contribution in [1.82, 2.24) is 9.80 Å². The number of rotatable bonds is 7. The van der Waals surface area contributed by atoms with Crippen LogP contribution in [-0.4, -0.2) is 55.6 Å². The lowest BCUT2D eigenvalue weighted by Gasteiger charge is -2.42. The average Bonchev–Trinajstić information content (AvgIpc) is 2.91. The standard InChI is InChI=1S/C18H31N3/c1-4-18(15-19,12-16-8-6-5-7-9-16)21(3)14-17-10-11-20(2)13-17/h5-9,17H,4,10-15,19H2,1-3H3. The van der Waals surface area contributed by atoms with Crippen LogP contribution in [0.4, 0.5) is 0 Å². The average molecular weight is 289 g/mol. The highest BCUT2D eigenvalue weighted by atomic mass is 15.2. The van der Waals surface area contributed by atoms with Crippen molar-refractivity contribution in [3.05, 3.63) is 35.9 Å². The summed E-state index contributed by atoms with van der Waals surface area (Å²) in [5.41, 5.74) is 7.69. The molecule has 0 saturated carbocycles. The second-order valence-electron chi connectivity index (χ2n) is 6.74. The second kappa shape index (κ2) is 7.39. The Morgan fingerprint density at radius 1 is 1.33 bits per heavy atom. The lowest BCUT2D eigenvalue weighted by Crippen LogP contribution is -2.54. The number of benzene rings is 1. The first-order valence-corrected chi connectivity index (χ1v) is 8.23. The predicted molar refractivity (Wildman–Crippen MR) is 90.5 cm³/mol. The lowest BCUT2D eigenvalue weighted by atomic mass is 9.86. The van der Waals surface area contributed by atoms with Crippen molar-refractivity contribution >= 4 is 0 Å². The van der Waals surface area contributed by atoms with E-state index in [1.165, 1.54) is 25.1 Å². The van der Waals surface area contributed by atoms with Crippen LogP contribution in [0.3, 0.4) is 0 Å². The molecule has 2 rings (SSSR count). The quantitative estimate of drug-likeness (QED) is 0.835. The van der Waals surface area contributed by atoms with E-state index in [9.17, 15) is 0 Å². The molecule has 2 N–H and O–H groups in total. The summed E-state index contributed by atoms with van der Waals surface area (Å²) in [6, 6.07) is 10.8. The van der Waals surface area contributed by atoms with Gasteiger partial charge in [-0.25, -0.2) is 0 Å². The molecular weight excluding hydrogens is 258 g/mol. The van der Waals surface area contributed by atoms with E-state index < -0.39 is 0 Å². The highest BCUT2D eigenvalue weighted by Crippen LogP contribution is 2.26. The van der Waals surface area contributed by atoms with Gasteiger partial charge in [-0.05, 0) is 51.4 Å². The summed E-state index contributed by atoms with van der Waals surface area (Å²) in [4.78, 5) is 4.97. The van der Waals surface area contributed by atoms with E-state index in [0.29, 0.717) is 0 Å². The van der Waals surface area contributed by atoms with Crippen LogP contribution in [0.5, 0.6) is 0 Å². The van der Waals surface area contributed by atoms with E-state index in [0.717, 1.165) is 31.8 Å². The first-order valence-electron chi connectivity index (χ1n) is 8.23. The van der Waals surface area contributed by atoms with Crippen molar-refractivity contribution in [2.45, 2.75) is 31.7 Å². The van der Waals surface area contributed by atoms with Gasteiger partial charge in [0.25, 0.3) is 0 Å². The maximum Gasteiger partial charge on any atom is 0.0366 e. The number of hydrogen-bond donors (Lipinski definition) is 1. The Hall–Kier alpha value is -0.900. The Labute approximate surface area is 130 Å². The minimum absolute atomic E-state index is 0.0858. The summed E-state index contributed by atoms with van der Waals surface area (Å²) in [6.07, 6.45) is 3.45. The number of hydrogen-bond acceptors (Lipinski definition) is 3. The lowest BCUT2D eigenvalue weighted by molar-refractivity contribution is 0.102. The van der Waals surface area contributed by atoms with Gasteiger partial charge in [0.05, 0.1) is 0 Å². The van der Waals surface area contributed by atoms with Gasteiger partial charge in [-0.3, -0.25) is 4.90 Å². The fourth-order valence-electron chi connectivity index (χ4n) is 3.63. The summed E-state index contributed by atoms with van der Waals surface area (Å²) >= 11 is 0. The molecule has 1 aliphatic heterocycles. The number of nitrogens with zero attached hydrogens (tertiary/aromatic N) is 2. The van der Waals surface area contributed by atoms with Crippen molar-refractivity contribution in [3.8, 4) is 0 Å². The molecule has 0 aromatic heterocycles. The Balaban J connectivity index is 2.05. The molecule has 1 aliphatic rings. The third-order valence-electron chi connectivity index (χ3n) is 5.24. The van der Waals surface area contributed by atoms with Crippen LogP contribution < -0.4 is 5.73 Å². The first-order chi connectivity index (χ1) is 10.1. The number of likely N-dealkylation sites (tertiary alicyclic amines) is 1. The Morgan fingerprint density at radius 2 is 2.05 bits per heavy atom. The SMILES string of the molecule is CCC(CN)(Cc1ccccc1)N(C)CC1CCN(C)C1. The summed E-state index contributed by atoms with van der Waals surface area (Å²) in [6.45, 7) is 6.60. The van der Waals surface area contributed by atoms with Gasteiger partial charge in [-0.2, -0.15) is 0 Å². The maximum atomic E-state index is 6.22. The van der Waals surface area contributed by atoms with E-state index in [1.807, 2.05) is 0 Å². The van der Waals surface area contributed by atoms with Crippen molar-refractivity contribution in [3.63, 3.8) is 0 Å². The molecule has 2 atom stereocenters. The monoisotopic (exact) mass is 289 g/mol. The van der Waals surface area contributed by atoms with Gasteiger partial charge < -0.3 is 10.6 Å². The molecule has 2 unspecified atom stereocenters. The van der Waals surface area contributed by atoms with E-state index in [2.05, 4.69) is 61.2 Å². The molecule has 1 aromatic rings. The van der Waals surface area contributed by atoms with Gasteiger partial charge >= 0.3 is 0 Å². The maximum absolute atomic E-state index is 6.22. The summed E-state index contributed by atoms with van der Waals surface area (Å²) in [7, 11) is 4.48. The predicted octanol–water partition coefficient (Wildman–Crippen LogP) is 2.22. The normalized spacial score (nSPS) is 22.6. The van der Waals surface area contributed by atoms with Crippen LogP contribution in [-0.2, 0) is 6.42 Å². The highest BCUT2D eigenvalue weighted by Gasteiger charge is 2.33. The number of nitrogens with two attached hydrogens (primary N) is 1. The summed E-state index contributed by atoms with van der Waals surface area (Å²) in [5.74, 6) is 0.785. The fraction of sp³-hybridized carbons (Fsp3) is 0.667.